The van der Waals surface area contributed by atoms with E-state index in [1.165, 1.54) is 0 Å². The number of aliphatic hydroxyl groups is 1. The molecule has 1 aliphatic heterocycles. The number of hydrogen-bond donors (Lipinski definition) is 1. The van der Waals surface area contributed by atoms with Crippen LogP contribution >= 0.6 is 0 Å². The Morgan fingerprint density at radius 2 is 2.00 bits per heavy atom. The van der Waals surface area contributed by atoms with Crippen molar-refractivity contribution < 1.29 is 14.6 Å². The van der Waals surface area contributed by atoms with Crippen LogP contribution in [0.2, 0.25) is 0 Å². The van der Waals surface area contributed by atoms with Gasteiger partial charge in [0.2, 0.25) is 5.91 Å². The van der Waals surface area contributed by atoms with E-state index in [-0.39, 0.29) is 0 Å². The van der Waals surface area contributed by atoms with Crippen LogP contribution in [0.1, 0.15) is 19.8 Å². The van der Waals surface area contributed by atoms with Crippen molar-refractivity contribution in [3.8, 4) is 0 Å². The van der Waals surface area contributed by atoms with Crippen LogP contribution < -0.4 is 0 Å². The van der Waals surface area contributed by atoms with E-state index in [0.29, 0.717) is 31.6 Å². The molecular formula is C13H24N2O3. The van der Waals surface area contributed by atoms with E-state index in [0.717, 1.165) is 39.0 Å². The Bertz CT molecular complexity index is 273. The molecule has 5 nitrogen and oxygen atoms in total. The minimum Gasteiger partial charge on any atom is -0.389 e. The number of rotatable bonds is 6. The Morgan fingerprint density at radius 3 is 2.56 bits per heavy atom. The smallest absolute Gasteiger partial charge is 0.225 e. The highest BCUT2D eigenvalue weighted by Gasteiger charge is 2.34. The molecule has 1 atom stereocenters. The predicted molar refractivity (Wildman–Crippen MR) is 68.2 cm³/mol. The van der Waals surface area contributed by atoms with Crippen molar-refractivity contribution >= 4 is 5.91 Å². The fourth-order valence-corrected chi connectivity index (χ4v) is 2.34. The lowest BCUT2D eigenvalue weighted by molar-refractivity contribution is -0.134. The van der Waals surface area contributed by atoms with Crippen molar-refractivity contribution in [1.82, 2.24) is 9.80 Å². The van der Waals surface area contributed by atoms with E-state index in [1.807, 2.05) is 11.8 Å². The summed E-state index contributed by atoms with van der Waals surface area (Å²) in [6.07, 6.45) is 1.73. The quantitative estimate of drug-likeness (QED) is 0.723. The molecule has 1 saturated heterocycles. The van der Waals surface area contributed by atoms with Gasteiger partial charge in [-0.15, -0.1) is 0 Å². The van der Waals surface area contributed by atoms with E-state index in [4.69, 9.17) is 4.74 Å². The van der Waals surface area contributed by atoms with Gasteiger partial charge >= 0.3 is 0 Å². The summed E-state index contributed by atoms with van der Waals surface area (Å²) in [4.78, 5) is 16.1. The third-order valence-corrected chi connectivity index (χ3v) is 3.59. The van der Waals surface area contributed by atoms with E-state index in [9.17, 15) is 9.90 Å². The summed E-state index contributed by atoms with van der Waals surface area (Å²) in [5.74, 6) is 0.657. The molecule has 0 unspecified atom stereocenters. The highest BCUT2D eigenvalue weighted by Crippen LogP contribution is 2.31. The van der Waals surface area contributed by atoms with Crippen molar-refractivity contribution in [3.05, 3.63) is 0 Å². The van der Waals surface area contributed by atoms with Crippen LogP contribution in [-0.2, 0) is 9.53 Å². The number of ether oxygens (including phenoxy) is 1. The average molecular weight is 256 g/mol. The number of nitrogens with zero attached hydrogens (tertiary/aromatic N) is 2. The highest BCUT2D eigenvalue weighted by atomic mass is 16.5. The fraction of sp³-hybridized carbons (Fsp3) is 0.923. The van der Waals surface area contributed by atoms with Gasteiger partial charge < -0.3 is 14.7 Å². The predicted octanol–water partition coefficient (Wildman–Crippen LogP) is -0.0620. The number of amides is 1. The van der Waals surface area contributed by atoms with Gasteiger partial charge in [0.1, 0.15) is 0 Å². The SMILES string of the molecule is CCOC[C@@H](O)CN1CCN(C(=O)C2CC2)CC1. The second-order valence-electron chi connectivity index (χ2n) is 5.21. The number of carbonyl (C=O) groups excluding carboxylic acids is 1. The van der Waals surface area contributed by atoms with E-state index in [1.54, 1.807) is 0 Å². The minimum atomic E-state index is -0.421. The summed E-state index contributed by atoms with van der Waals surface area (Å²) in [6, 6.07) is 0. The van der Waals surface area contributed by atoms with Crippen LogP contribution in [-0.4, -0.2) is 72.9 Å². The molecule has 0 aromatic rings. The Kier molecular flexibility index (Phi) is 4.97. The molecule has 104 valence electrons. The van der Waals surface area contributed by atoms with Gasteiger partial charge in [0, 0.05) is 45.2 Å². The normalized spacial score (nSPS) is 23.1. The van der Waals surface area contributed by atoms with Gasteiger partial charge in [-0.25, -0.2) is 0 Å². The minimum absolute atomic E-state index is 0.320. The van der Waals surface area contributed by atoms with Gasteiger partial charge in [-0.2, -0.15) is 0 Å². The molecule has 0 aromatic carbocycles. The number of aliphatic hydroxyl groups excluding tert-OH is 1. The average Bonchev–Trinajstić information content (AvgIpc) is 3.21. The van der Waals surface area contributed by atoms with Crippen LogP contribution in [0.5, 0.6) is 0 Å². The van der Waals surface area contributed by atoms with E-state index < -0.39 is 6.10 Å². The monoisotopic (exact) mass is 256 g/mol. The van der Waals surface area contributed by atoms with Gasteiger partial charge in [-0.1, -0.05) is 0 Å². The standard InChI is InChI=1S/C13H24N2O3/c1-2-18-10-12(16)9-14-5-7-15(8-6-14)13(17)11-3-4-11/h11-12,16H,2-10H2,1H3/t12-/m0/s1. The fourth-order valence-electron chi connectivity index (χ4n) is 2.34. The molecule has 5 heteroatoms. The van der Waals surface area contributed by atoms with Crippen LogP contribution in [0.4, 0.5) is 0 Å². The maximum atomic E-state index is 11.9. The van der Waals surface area contributed by atoms with Crippen LogP contribution in [0.15, 0.2) is 0 Å². The van der Waals surface area contributed by atoms with Crippen molar-refractivity contribution in [1.29, 1.82) is 0 Å². The molecule has 1 N–H and O–H groups in total. The van der Waals surface area contributed by atoms with E-state index >= 15 is 0 Å². The first-order valence-electron chi connectivity index (χ1n) is 6.97. The summed E-state index contributed by atoms with van der Waals surface area (Å²) in [5, 5.41) is 9.76. The van der Waals surface area contributed by atoms with Gasteiger partial charge in [0.25, 0.3) is 0 Å². The van der Waals surface area contributed by atoms with Crippen molar-refractivity contribution in [2.45, 2.75) is 25.9 Å². The van der Waals surface area contributed by atoms with E-state index in [2.05, 4.69) is 4.90 Å². The first-order chi connectivity index (χ1) is 8.70. The Labute approximate surface area is 109 Å². The van der Waals surface area contributed by atoms with Crippen LogP contribution in [0, 0.1) is 5.92 Å². The molecule has 1 aliphatic carbocycles. The molecular weight excluding hydrogens is 232 g/mol. The summed E-state index contributed by atoms with van der Waals surface area (Å²) in [5.41, 5.74) is 0. The third kappa shape index (κ3) is 3.93. The summed E-state index contributed by atoms with van der Waals surface area (Å²) in [7, 11) is 0. The van der Waals surface area contributed by atoms with Crippen molar-refractivity contribution in [3.63, 3.8) is 0 Å². The Morgan fingerprint density at radius 1 is 1.33 bits per heavy atom. The molecule has 0 aromatic heterocycles. The van der Waals surface area contributed by atoms with Crippen LogP contribution in [0.3, 0.4) is 0 Å². The van der Waals surface area contributed by atoms with Crippen LogP contribution in [0.25, 0.3) is 0 Å². The lowest BCUT2D eigenvalue weighted by Gasteiger charge is -2.35. The molecule has 18 heavy (non-hydrogen) atoms. The number of β-amino-alcohol motifs (C(OH)–C–C–N with tert-alkyl or cyclic N) is 1. The molecule has 2 rings (SSSR count). The zero-order valence-corrected chi connectivity index (χ0v) is 11.2. The van der Waals surface area contributed by atoms with Gasteiger partial charge in [-0.05, 0) is 19.8 Å². The molecule has 0 bridgehead atoms. The summed E-state index contributed by atoms with van der Waals surface area (Å²) in [6.45, 7) is 6.94. The molecule has 1 amide bonds. The zero-order chi connectivity index (χ0) is 13.0. The highest BCUT2D eigenvalue weighted by molar-refractivity contribution is 5.81. The topological polar surface area (TPSA) is 53.0 Å². The van der Waals surface area contributed by atoms with Crippen molar-refractivity contribution in [2.24, 2.45) is 5.92 Å². The largest absolute Gasteiger partial charge is 0.389 e. The molecule has 2 fully saturated rings. The molecule has 0 radical (unpaired) electrons. The number of carbonyl (C=O) groups is 1. The number of piperazine rings is 1. The van der Waals surface area contributed by atoms with Gasteiger partial charge in [0.15, 0.2) is 0 Å². The second-order valence-corrected chi connectivity index (χ2v) is 5.21. The van der Waals surface area contributed by atoms with Gasteiger partial charge in [-0.3, -0.25) is 9.69 Å². The second kappa shape index (κ2) is 6.50. The molecule has 0 spiro atoms. The Hall–Kier alpha value is -0.650. The maximum absolute atomic E-state index is 11.9. The summed E-state index contributed by atoms with van der Waals surface area (Å²) >= 11 is 0. The Balaban J connectivity index is 1.64. The first-order valence-corrected chi connectivity index (χ1v) is 6.97. The molecule has 1 heterocycles. The summed E-state index contributed by atoms with van der Waals surface area (Å²) < 4.78 is 5.19. The molecule has 2 aliphatic rings. The van der Waals surface area contributed by atoms with Gasteiger partial charge in [0.05, 0.1) is 12.7 Å². The first kappa shape index (κ1) is 13.8. The zero-order valence-electron chi connectivity index (χ0n) is 11.2. The third-order valence-electron chi connectivity index (χ3n) is 3.59. The number of hydrogen-bond acceptors (Lipinski definition) is 4. The maximum Gasteiger partial charge on any atom is 0.225 e. The molecule has 1 saturated carbocycles. The lowest BCUT2D eigenvalue weighted by atomic mass is 10.2. The van der Waals surface area contributed by atoms with Crippen molar-refractivity contribution in [2.75, 3.05) is 45.9 Å². The lowest BCUT2D eigenvalue weighted by Crippen LogP contribution is -2.51.